The topological polar surface area (TPSA) is 140 Å². The molecule has 0 aliphatic carbocycles. The van der Waals surface area contributed by atoms with Crippen molar-refractivity contribution in [2.24, 2.45) is 0 Å². The lowest BCUT2D eigenvalue weighted by molar-refractivity contribution is -0.153. The second-order valence-corrected chi connectivity index (χ2v) is 8.77. The second kappa shape index (κ2) is 13.6. The Balaban J connectivity index is 2.79. The minimum atomic E-state index is -3.94. The molecule has 0 saturated heterocycles. The Morgan fingerprint density at radius 1 is 1.17 bits per heavy atom. The van der Waals surface area contributed by atoms with Gasteiger partial charge in [-0.3, -0.25) is 9.59 Å². The first-order valence-electron chi connectivity index (χ1n) is 9.10. The smallest absolute Gasteiger partial charge is 0.324 e. The number of nitriles is 2. The normalized spacial score (nSPS) is 11.7. The van der Waals surface area contributed by atoms with Crippen LogP contribution in [0.4, 0.5) is 0 Å². The van der Waals surface area contributed by atoms with E-state index in [-0.39, 0.29) is 37.2 Å². The number of nitrogens with zero attached hydrogens (tertiary/aromatic N) is 3. The minimum Gasteiger partial charge on any atom is -0.454 e. The maximum absolute atomic E-state index is 12.5. The van der Waals surface area contributed by atoms with Gasteiger partial charge in [0.2, 0.25) is 10.0 Å². The molecule has 1 aromatic carbocycles. The average molecular weight is 453 g/mol. The van der Waals surface area contributed by atoms with Gasteiger partial charge >= 0.3 is 5.97 Å². The van der Waals surface area contributed by atoms with E-state index >= 15 is 0 Å². The molecule has 30 heavy (non-hydrogen) atoms. The van der Waals surface area contributed by atoms with Gasteiger partial charge in [0, 0.05) is 13.1 Å². The number of carbonyl (C=O) groups excluding carboxylic acids is 2. The molecular formula is C19H24N4O5S2. The first-order chi connectivity index (χ1) is 14.4. The van der Waals surface area contributed by atoms with Crippen molar-refractivity contribution in [2.45, 2.75) is 30.2 Å². The standard InChI is InChI=1S/C19H24N4O5S2/c1-29-14-9-17(22-30(26,27)16-7-3-2-4-8-16)19(25)28-15-18(24)23(12-5-10-20)13-6-11-21/h2-4,7-8,17,22H,5-6,9,12-15H2,1H3. The van der Waals surface area contributed by atoms with E-state index in [4.69, 9.17) is 15.3 Å². The number of rotatable bonds is 13. The van der Waals surface area contributed by atoms with E-state index in [0.29, 0.717) is 5.75 Å². The predicted octanol–water partition coefficient (Wildman–Crippen LogP) is 1.29. The summed E-state index contributed by atoms with van der Waals surface area (Å²) in [7, 11) is -3.94. The molecule has 11 heteroatoms. The number of nitrogens with one attached hydrogen (secondary N) is 1. The fourth-order valence-corrected chi connectivity index (χ4v) is 4.08. The summed E-state index contributed by atoms with van der Waals surface area (Å²) in [5.74, 6) is -0.914. The van der Waals surface area contributed by atoms with Crippen molar-refractivity contribution in [3.63, 3.8) is 0 Å². The molecule has 1 atom stereocenters. The fraction of sp³-hybridized carbons (Fsp3) is 0.474. The third kappa shape index (κ3) is 8.82. The highest BCUT2D eigenvalue weighted by Gasteiger charge is 2.27. The van der Waals surface area contributed by atoms with Crippen molar-refractivity contribution in [1.29, 1.82) is 10.5 Å². The number of esters is 1. The lowest BCUT2D eigenvalue weighted by Crippen LogP contribution is -2.44. The lowest BCUT2D eigenvalue weighted by Gasteiger charge is -2.21. The van der Waals surface area contributed by atoms with Crippen LogP contribution in [0.5, 0.6) is 0 Å². The van der Waals surface area contributed by atoms with Crippen molar-refractivity contribution in [3.8, 4) is 12.1 Å². The Bertz CT molecular complexity index is 860. The van der Waals surface area contributed by atoms with Gasteiger partial charge in [-0.05, 0) is 30.6 Å². The largest absolute Gasteiger partial charge is 0.454 e. The van der Waals surface area contributed by atoms with Crippen LogP contribution >= 0.6 is 11.8 Å². The SMILES string of the molecule is CSCCC(NS(=O)(=O)c1ccccc1)C(=O)OCC(=O)N(CCC#N)CCC#N. The van der Waals surface area contributed by atoms with E-state index in [9.17, 15) is 18.0 Å². The van der Waals surface area contributed by atoms with Crippen molar-refractivity contribution in [3.05, 3.63) is 30.3 Å². The van der Waals surface area contributed by atoms with E-state index in [1.165, 1.54) is 28.8 Å². The molecule has 162 valence electrons. The average Bonchev–Trinajstić information content (AvgIpc) is 2.75. The third-order valence-electron chi connectivity index (χ3n) is 3.92. The van der Waals surface area contributed by atoms with Crippen molar-refractivity contribution in [1.82, 2.24) is 9.62 Å². The van der Waals surface area contributed by atoms with Crippen LogP contribution in [0.2, 0.25) is 0 Å². The van der Waals surface area contributed by atoms with E-state index < -0.39 is 34.5 Å². The van der Waals surface area contributed by atoms with Gasteiger partial charge in [0.05, 0.1) is 29.9 Å². The first kappa shape index (κ1) is 25.4. The van der Waals surface area contributed by atoms with Crippen molar-refractivity contribution >= 4 is 33.7 Å². The Kier molecular flexibility index (Phi) is 11.5. The van der Waals surface area contributed by atoms with Gasteiger partial charge in [-0.15, -0.1) is 0 Å². The van der Waals surface area contributed by atoms with Crippen LogP contribution in [0.15, 0.2) is 35.2 Å². The van der Waals surface area contributed by atoms with Gasteiger partial charge in [0.1, 0.15) is 6.04 Å². The summed E-state index contributed by atoms with van der Waals surface area (Å²) in [6.45, 7) is -0.366. The Labute approximate surface area is 181 Å². The number of amides is 1. The molecule has 1 aromatic rings. The summed E-state index contributed by atoms with van der Waals surface area (Å²) in [4.78, 5) is 26.1. The highest BCUT2D eigenvalue weighted by Crippen LogP contribution is 2.11. The molecule has 9 nitrogen and oxygen atoms in total. The molecule has 0 fully saturated rings. The van der Waals surface area contributed by atoms with E-state index in [1.807, 2.05) is 18.4 Å². The van der Waals surface area contributed by atoms with Gasteiger partial charge in [-0.1, -0.05) is 18.2 Å². The summed E-state index contributed by atoms with van der Waals surface area (Å²) < 4.78 is 32.5. The fourth-order valence-electron chi connectivity index (χ4n) is 2.37. The molecule has 1 N–H and O–H groups in total. The molecule has 1 amide bonds. The van der Waals surface area contributed by atoms with Crippen LogP contribution in [0, 0.1) is 22.7 Å². The first-order valence-corrected chi connectivity index (χ1v) is 12.0. The highest BCUT2D eigenvalue weighted by molar-refractivity contribution is 7.98. The van der Waals surface area contributed by atoms with Gasteiger partial charge in [-0.2, -0.15) is 27.0 Å². The van der Waals surface area contributed by atoms with Crippen LogP contribution in [-0.4, -0.2) is 62.9 Å². The summed E-state index contributed by atoms with van der Waals surface area (Å²) in [5.41, 5.74) is 0. The van der Waals surface area contributed by atoms with Gasteiger partial charge in [-0.25, -0.2) is 8.42 Å². The number of hydrogen-bond donors (Lipinski definition) is 1. The summed E-state index contributed by atoms with van der Waals surface area (Å²) in [6.07, 6.45) is 2.17. The molecule has 0 aromatic heterocycles. The molecule has 0 saturated carbocycles. The van der Waals surface area contributed by atoms with Crippen LogP contribution in [-0.2, 0) is 24.3 Å². The monoisotopic (exact) mass is 452 g/mol. The Hall–Kier alpha value is -2.60. The highest BCUT2D eigenvalue weighted by atomic mass is 32.2. The van der Waals surface area contributed by atoms with Crippen molar-refractivity contribution < 1.29 is 22.7 Å². The summed E-state index contributed by atoms with van der Waals surface area (Å²) in [6, 6.07) is 10.3. The van der Waals surface area contributed by atoms with Crippen molar-refractivity contribution in [2.75, 3.05) is 31.7 Å². The minimum absolute atomic E-state index is 0.0159. The number of thioether (sulfide) groups is 1. The van der Waals surface area contributed by atoms with Crippen LogP contribution in [0.1, 0.15) is 19.3 Å². The van der Waals surface area contributed by atoms with E-state index in [0.717, 1.165) is 0 Å². The Morgan fingerprint density at radius 3 is 2.30 bits per heavy atom. The number of ether oxygens (including phenoxy) is 1. The maximum Gasteiger partial charge on any atom is 0.324 e. The lowest BCUT2D eigenvalue weighted by atomic mass is 10.2. The van der Waals surface area contributed by atoms with Crippen LogP contribution in [0.3, 0.4) is 0 Å². The zero-order valence-corrected chi connectivity index (χ0v) is 18.2. The molecule has 0 radical (unpaired) electrons. The zero-order chi connectivity index (χ0) is 22.4. The number of benzene rings is 1. The number of sulfonamides is 1. The number of carbonyl (C=O) groups is 2. The molecule has 0 aliphatic rings. The predicted molar refractivity (Wildman–Crippen MR) is 112 cm³/mol. The summed E-state index contributed by atoms with van der Waals surface area (Å²) >= 11 is 1.44. The van der Waals surface area contributed by atoms with Gasteiger partial charge in [0.25, 0.3) is 5.91 Å². The zero-order valence-electron chi connectivity index (χ0n) is 16.6. The summed E-state index contributed by atoms with van der Waals surface area (Å²) in [5, 5.41) is 17.4. The van der Waals surface area contributed by atoms with Crippen LogP contribution in [0.25, 0.3) is 0 Å². The van der Waals surface area contributed by atoms with Gasteiger partial charge < -0.3 is 9.64 Å². The quantitative estimate of drug-likeness (QED) is 0.441. The molecule has 0 bridgehead atoms. The molecule has 0 spiro atoms. The van der Waals surface area contributed by atoms with Gasteiger partial charge in [0.15, 0.2) is 6.61 Å². The van der Waals surface area contributed by atoms with E-state index in [1.54, 1.807) is 18.2 Å². The van der Waals surface area contributed by atoms with Crippen LogP contribution < -0.4 is 4.72 Å². The second-order valence-electron chi connectivity index (χ2n) is 6.07. The Morgan fingerprint density at radius 2 is 1.77 bits per heavy atom. The number of hydrogen-bond acceptors (Lipinski definition) is 8. The molecule has 1 rings (SSSR count). The molecule has 1 unspecified atom stereocenters. The molecule has 0 aliphatic heterocycles. The third-order valence-corrected chi connectivity index (χ3v) is 6.06. The maximum atomic E-state index is 12.5. The van der Waals surface area contributed by atoms with E-state index in [2.05, 4.69) is 4.72 Å². The molecule has 0 heterocycles. The molecular weight excluding hydrogens is 428 g/mol.